The summed E-state index contributed by atoms with van der Waals surface area (Å²) in [7, 11) is 0. The number of nitrogens with zero attached hydrogens (tertiary/aromatic N) is 1. The molecule has 1 saturated heterocycles. The maximum atomic E-state index is 13.8. The van der Waals surface area contributed by atoms with E-state index in [-0.39, 0.29) is 49.2 Å². The highest BCUT2D eigenvalue weighted by Gasteiger charge is 2.27. The second-order valence-electron chi connectivity index (χ2n) is 7.53. The molecule has 0 radical (unpaired) electrons. The van der Waals surface area contributed by atoms with Crippen LogP contribution in [0.1, 0.15) is 21.7 Å². The zero-order valence-electron chi connectivity index (χ0n) is 19.2. The summed E-state index contributed by atoms with van der Waals surface area (Å²) in [5, 5.41) is 16.0. The summed E-state index contributed by atoms with van der Waals surface area (Å²) in [5.41, 5.74) is -0.523. The van der Waals surface area contributed by atoms with Crippen LogP contribution in [0.4, 0.5) is 25.0 Å². The van der Waals surface area contributed by atoms with Crippen LogP contribution in [0.3, 0.4) is 0 Å². The number of hydrogen-bond donors (Lipinski definition) is 4. The molecule has 1 aromatic carbocycles. The molecular weight excluding hydrogens is 538 g/mol. The Morgan fingerprint density at radius 2 is 2.03 bits per heavy atom. The summed E-state index contributed by atoms with van der Waals surface area (Å²) in [6.45, 7) is -1.10. The minimum Gasteiger partial charge on any atom is -0.447 e. The van der Waals surface area contributed by atoms with Crippen LogP contribution in [-0.2, 0) is 19.1 Å². The van der Waals surface area contributed by atoms with Gasteiger partial charge in [0, 0.05) is 24.3 Å². The minimum atomic E-state index is -2.96. The number of ether oxygens (including phenoxy) is 2. The van der Waals surface area contributed by atoms with Crippen molar-refractivity contribution in [3.8, 4) is 0 Å². The molecule has 200 valence electrons. The van der Waals surface area contributed by atoms with E-state index >= 15 is 0 Å². The molecule has 1 atom stereocenters. The number of morpholine rings is 1. The number of nitrogens with one attached hydrogen (secondary N) is 3. The maximum absolute atomic E-state index is 13.8. The van der Waals surface area contributed by atoms with E-state index in [0.29, 0.717) is 4.34 Å². The molecule has 3 rings (SSSR count). The highest BCUT2D eigenvalue weighted by molar-refractivity contribution is 7.18. The van der Waals surface area contributed by atoms with Gasteiger partial charge in [0.05, 0.1) is 28.1 Å². The van der Waals surface area contributed by atoms with Gasteiger partial charge < -0.3 is 35.4 Å². The van der Waals surface area contributed by atoms with Crippen molar-refractivity contribution < 1.29 is 42.5 Å². The van der Waals surface area contributed by atoms with Gasteiger partial charge in [0.25, 0.3) is 18.2 Å². The first-order chi connectivity index (χ1) is 17.7. The number of rotatable bonds is 10. The molecule has 0 unspecified atom stereocenters. The van der Waals surface area contributed by atoms with Crippen molar-refractivity contribution in [2.45, 2.75) is 12.5 Å². The van der Waals surface area contributed by atoms with Gasteiger partial charge in [0.1, 0.15) is 19.3 Å². The Bertz CT molecular complexity index is 1150. The van der Waals surface area contributed by atoms with Crippen molar-refractivity contribution in [2.24, 2.45) is 0 Å². The lowest BCUT2D eigenvalue weighted by molar-refractivity contribution is -0.125. The quantitative estimate of drug-likeness (QED) is 0.348. The van der Waals surface area contributed by atoms with Crippen molar-refractivity contribution in [1.82, 2.24) is 10.6 Å². The van der Waals surface area contributed by atoms with E-state index in [0.717, 1.165) is 17.4 Å². The first-order valence-corrected chi connectivity index (χ1v) is 12.1. The predicted molar refractivity (Wildman–Crippen MR) is 130 cm³/mol. The fourth-order valence-corrected chi connectivity index (χ4v) is 4.26. The number of alkyl halides is 2. The molecule has 1 aliphatic rings. The summed E-state index contributed by atoms with van der Waals surface area (Å²) < 4.78 is 37.7. The van der Waals surface area contributed by atoms with Crippen molar-refractivity contribution in [1.29, 1.82) is 0 Å². The summed E-state index contributed by atoms with van der Waals surface area (Å²) in [6.07, 6.45) is -4.00. The van der Waals surface area contributed by atoms with E-state index in [4.69, 9.17) is 26.2 Å². The molecule has 0 aliphatic carbocycles. The number of hydrogen-bond acceptors (Lipinski definition) is 8. The summed E-state index contributed by atoms with van der Waals surface area (Å²) >= 11 is 6.84. The molecular formula is C22H23ClF2N4O7S. The minimum absolute atomic E-state index is 0.00886. The topological polar surface area (TPSA) is 146 Å². The van der Waals surface area contributed by atoms with Crippen LogP contribution in [0.2, 0.25) is 4.34 Å². The third kappa shape index (κ3) is 7.82. The van der Waals surface area contributed by atoms with Gasteiger partial charge >= 0.3 is 6.09 Å². The molecule has 0 bridgehead atoms. The molecule has 37 heavy (non-hydrogen) atoms. The molecule has 0 saturated carbocycles. The average Bonchev–Trinajstić information content (AvgIpc) is 3.31. The van der Waals surface area contributed by atoms with E-state index < -0.39 is 48.5 Å². The van der Waals surface area contributed by atoms with Crippen LogP contribution in [0.15, 0.2) is 30.3 Å². The SMILES string of the molecule is O=C(N[C@H](CNC(=O)c1ccc(Cl)s1)C(=O)Nc1ccc(N2CCOCC2=O)c(C(F)F)c1)OCCO. The number of thiophene rings is 1. The monoisotopic (exact) mass is 560 g/mol. The summed E-state index contributed by atoms with van der Waals surface area (Å²) in [6, 6.07) is 5.25. The Balaban J connectivity index is 1.75. The number of alkyl carbamates (subject to hydrolysis) is 1. The first-order valence-electron chi connectivity index (χ1n) is 10.9. The Hall–Kier alpha value is -3.33. The van der Waals surface area contributed by atoms with Gasteiger partial charge in [-0.1, -0.05) is 11.6 Å². The number of amides is 4. The molecule has 1 aliphatic heterocycles. The molecule has 1 fully saturated rings. The van der Waals surface area contributed by atoms with E-state index in [1.54, 1.807) is 0 Å². The van der Waals surface area contributed by atoms with Gasteiger partial charge in [-0.2, -0.15) is 0 Å². The zero-order valence-corrected chi connectivity index (χ0v) is 20.7. The molecule has 11 nitrogen and oxygen atoms in total. The fraction of sp³-hybridized carbons (Fsp3) is 0.364. The summed E-state index contributed by atoms with van der Waals surface area (Å²) in [5.74, 6) is -1.88. The second-order valence-corrected chi connectivity index (χ2v) is 9.25. The van der Waals surface area contributed by atoms with Gasteiger partial charge in [0.2, 0.25) is 5.91 Å². The first kappa shape index (κ1) is 28.2. The van der Waals surface area contributed by atoms with Gasteiger partial charge in [-0.15, -0.1) is 11.3 Å². The van der Waals surface area contributed by atoms with Crippen molar-refractivity contribution in [3.63, 3.8) is 0 Å². The Labute approximate surface area is 218 Å². The lowest BCUT2D eigenvalue weighted by atomic mass is 10.1. The highest BCUT2D eigenvalue weighted by Crippen LogP contribution is 2.33. The molecule has 1 aromatic heterocycles. The van der Waals surface area contributed by atoms with Gasteiger partial charge in [-0.05, 0) is 30.3 Å². The Morgan fingerprint density at radius 3 is 2.68 bits per heavy atom. The second kappa shape index (κ2) is 13.3. The van der Waals surface area contributed by atoms with E-state index in [1.807, 2.05) is 0 Å². The number of benzene rings is 1. The van der Waals surface area contributed by atoms with Gasteiger partial charge in [0.15, 0.2) is 0 Å². The zero-order chi connectivity index (χ0) is 26.9. The van der Waals surface area contributed by atoms with Crippen LogP contribution in [0, 0.1) is 0 Å². The normalized spacial score (nSPS) is 14.3. The largest absolute Gasteiger partial charge is 0.447 e. The Kier molecular flexibility index (Phi) is 10.1. The summed E-state index contributed by atoms with van der Waals surface area (Å²) in [4.78, 5) is 50.8. The number of anilines is 2. The van der Waals surface area contributed by atoms with Crippen LogP contribution < -0.4 is 20.9 Å². The fourth-order valence-electron chi connectivity index (χ4n) is 3.30. The number of halogens is 3. The highest BCUT2D eigenvalue weighted by atomic mass is 35.5. The number of carbonyl (C=O) groups is 4. The van der Waals surface area contributed by atoms with E-state index in [1.165, 1.54) is 29.2 Å². The van der Waals surface area contributed by atoms with Crippen LogP contribution in [0.5, 0.6) is 0 Å². The van der Waals surface area contributed by atoms with Crippen molar-refractivity contribution in [3.05, 3.63) is 45.1 Å². The number of aliphatic hydroxyl groups is 1. The van der Waals surface area contributed by atoms with Gasteiger partial charge in [-0.3, -0.25) is 14.4 Å². The van der Waals surface area contributed by atoms with E-state index in [2.05, 4.69) is 16.0 Å². The lowest BCUT2D eigenvalue weighted by Crippen LogP contribution is -2.50. The van der Waals surface area contributed by atoms with E-state index in [9.17, 15) is 28.0 Å². The average molecular weight is 561 g/mol. The lowest BCUT2D eigenvalue weighted by Gasteiger charge is -2.29. The maximum Gasteiger partial charge on any atom is 0.407 e. The Morgan fingerprint density at radius 1 is 1.24 bits per heavy atom. The molecule has 2 heterocycles. The van der Waals surface area contributed by atoms with Crippen molar-refractivity contribution >= 4 is 58.1 Å². The number of carbonyl (C=O) groups excluding carboxylic acids is 4. The molecule has 4 amide bonds. The number of aliphatic hydroxyl groups excluding tert-OH is 1. The standard InChI is InChI=1S/C22H23ClF2N4O7S/c23-17-4-3-16(37-17)21(33)26-10-14(28-22(34)36-8-6-30)20(32)27-12-1-2-15(13(9-12)19(24)25)29-5-7-35-11-18(29)31/h1-4,9,14,19,30H,5-8,10-11H2,(H,26,33)(H,27,32)(H,28,34)/t14-/m1/s1. The van der Waals surface area contributed by atoms with Crippen LogP contribution in [-0.4, -0.2) is 74.5 Å². The van der Waals surface area contributed by atoms with Crippen LogP contribution >= 0.6 is 22.9 Å². The van der Waals surface area contributed by atoms with Crippen molar-refractivity contribution in [2.75, 3.05) is 49.7 Å². The molecule has 4 N–H and O–H groups in total. The predicted octanol–water partition coefficient (Wildman–Crippen LogP) is 2.16. The van der Waals surface area contributed by atoms with Gasteiger partial charge in [-0.25, -0.2) is 13.6 Å². The van der Waals surface area contributed by atoms with Crippen LogP contribution in [0.25, 0.3) is 0 Å². The third-order valence-electron chi connectivity index (χ3n) is 5.00. The smallest absolute Gasteiger partial charge is 0.407 e. The molecule has 15 heteroatoms. The third-order valence-corrected chi connectivity index (χ3v) is 6.23. The molecule has 0 spiro atoms. The molecule has 2 aromatic rings.